The Morgan fingerprint density at radius 1 is 1.38 bits per heavy atom. The third-order valence-corrected chi connectivity index (χ3v) is 3.36. The molecule has 88 valence electrons. The molecule has 0 saturated heterocycles. The minimum atomic E-state index is 0.422. The minimum absolute atomic E-state index is 0.422. The van der Waals surface area contributed by atoms with E-state index < -0.39 is 0 Å². The Kier molecular flexibility index (Phi) is 4.00. The lowest BCUT2D eigenvalue weighted by molar-refractivity contribution is 0.446. The molecule has 0 aliphatic carbocycles. The van der Waals surface area contributed by atoms with Gasteiger partial charge in [-0.1, -0.05) is 20.3 Å². The number of anilines is 1. The number of aromatic nitrogens is 1. The van der Waals surface area contributed by atoms with Crippen molar-refractivity contribution in [3.8, 4) is 6.07 Å². The Bertz CT molecular complexity index is 410. The van der Waals surface area contributed by atoms with Crippen molar-refractivity contribution in [1.29, 1.82) is 5.26 Å². The fourth-order valence-corrected chi connectivity index (χ4v) is 2.32. The molecule has 0 spiro atoms. The molecule has 1 rings (SSSR count). The summed E-state index contributed by atoms with van der Waals surface area (Å²) in [6, 6.07) is 2.62. The van der Waals surface area contributed by atoms with Crippen LogP contribution in [0.2, 0.25) is 0 Å². The molecule has 1 heterocycles. The van der Waals surface area contributed by atoms with Crippen molar-refractivity contribution in [3.63, 3.8) is 0 Å². The van der Waals surface area contributed by atoms with Gasteiger partial charge in [-0.15, -0.1) is 0 Å². The van der Waals surface area contributed by atoms with E-state index in [-0.39, 0.29) is 0 Å². The third-order valence-electron chi connectivity index (χ3n) is 3.36. The van der Waals surface area contributed by atoms with Crippen LogP contribution in [0.3, 0.4) is 0 Å². The summed E-state index contributed by atoms with van der Waals surface area (Å²) in [6.45, 7) is 8.36. The van der Waals surface area contributed by atoms with Crippen molar-refractivity contribution in [2.75, 3.05) is 5.73 Å². The molecule has 1 aromatic rings. The summed E-state index contributed by atoms with van der Waals surface area (Å²) in [5.74, 6) is 0.637. The monoisotopic (exact) mass is 219 g/mol. The topological polar surface area (TPSA) is 54.7 Å². The van der Waals surface area contributed by atoms with Crippen LogP contribution in [-0.2, 0) is 0 Å². The lowest BCUT2D eigenvalue weighted by Crippen LogP contribution is -2.12. The van der Waals surface area contributed by atoms with Gasteiger partial charge in [0.25, 0.3) is 0 Å². The number of hydrogen-bond acceptors (Lipinski definition) is 2. The molecule has 0 bridgehead atoms. The quantitative estimate of drug-likeness (QED) is 0.844. The van der Waals surface area contributed by atoms with Gasteiger partial charge >= 0.3 is 0 Å². The van der Waals surface area contributed by atoms with Gasteiger partial charge in [0.05, 0.1) is 5.56 Å². The Morgan fingerprint density at radius 3 is 2.38 bits per heavy atom. The predicted molar refractivity (Wildman–Crippen MR) is 67.3 cm³/mol. The fourth-order valence-electron chi connectivity index (χ4n) is 2.32. The van der Waals surface area contributed by atoms with E-state index in [1.54, 1.807) is 0 Å². The molecule has 3 heteroatoms. The van der Waals surface area contributed by atoms with Gasteiger partial charge in [-0.2, -0.15) is 5.26 Å². The summed E-state index contributed by atoms with van der Waals surface area (Å²) in [5, 5.41) is 9.08. The molecule has 0 aromatic carbocycles. The molecule has 1 unspecified atom stereocenters. The second kappa shape index (κ2) is 5.07. The molecule has 16 heavy (non-hydrogen) atoms. The highest BCUT2D eigenvalue weighted by molar-refractivity contribution is 5.58. The Balaban J connectivity index is 3.28. The van der Waals surface area contributed by atoms with Crippen molar-refractivity contribution in [1.82, 2.24) is 4.57 Å². The Labute approximate surface area is 97.9 Å². The van der Waals surface area contributed by atoms with Gasteiger partial charge in [-0.05, 0) is 32.3 Å². The summed E-state index contributed by atoms with van der Waals surface area (Å²) in [4.78, 5) is 0. The molecule has 1 atom stereocenters. The lowest BCUT2D eigenvalue weighted by atomic mass is 10.1. The largest absolute Gasteiger partial charge is 0.384 e. The number of rotatable bonds is 4. The molecule has 0 aliphatic rings. The molecule has 0 saturated carbocycles. The number of hydrogen-bond donors (Lipinski definition) is 1. The highest BCUT2D eigenvalue weighted by Gasteiger charge is 2.19. The van der Waals surface area contributed by atoms with Gasteiger partial charge in [-0.25, -0.2) is 0 Å². The van der Waals surface area contributed by atoms with Crippen LogP contribution in [0.25, 0.3) is 0 Å². The maximum Gasteiger partial charge on any atom is 0.122 e. The second-order valence-electron chi connectivity index (χ2n) is 4.30. The first-order valence-electron chi connectivity index (χ1n) is 5.95. The van der Waals surface area contributed by atoms with Crippen molar-refractivity contribution in [2.24, 2.45) is 0 Å². The number of nitrogens with two attached hydrogens (primary N) is 1. The zero-order chi connectivity index (χ0) is 12.3. The van der Waals surface area contributed by atoms with E-state index in [1.807, 2.05) is 13.8 Å². The van der Waals surface area contributed by atoms with E-state index in [2.05, 4.69) is 24.5 Å². The van der Waals surface area contributed by atoms with E-state index in [1.165, 1.54) is 0 Å². The molecule has 0 amide bonds. The molecule has 0 fully saturated rings. The normalized spacial score (nSPS) is 12.4. The summed E-state index contributed by atoms with van der Waals surface area (Å²) in [6.07, 6.45) is 3.30. The van der Waals surface area contributed by atoms with Crippen molar-refractivity contribution in [3.05, 3.63) is 16.8 Å². The number of nitriles is 1. The van der Waals surface area contributed by atoms with E-state index >= 15 is 0 Å². The van der Waals surface area contributed by atoms with Crippen molar-refractivity contribution >= 4 is 5.82 Å². The third kappa shape index (κ3) is 1.92. The molecule has 0 radical (unpaired) electrons. The Hall–Kier alpha value is -1.43. The van der Waals surface area contributed by atoms with Crippen LogP contribution in [0.5, 0.6) is 0 Å². The van der Waals surface area contributed by atoms with Crippen LogP contribution >= 0.6 is 0 Å². The maximum atomic E-state index is 9.08. The van der Waals surface area contributed by atoms with Gasteiger partial charge in [-0.3, -0.25) is 0 Å². The van der Waals surface area contributed by atoms with Gasteiger partial charge in [0, 0.05) is 11.7 Å². The second-order valence-corrected chi connectivity index (χ2v) is 4.30. The van der Waals surface area contributed by atoms with E-state index in [9.17, 15) is 0 Å². The summed E-state index contributed by atoms with van der Waals surface area (Å²) >= 11 is 0. The van der Waals surface area contributed by atoms with Crippen LogP contribution < -0.4 is 5.73 Å². The molecule has 0 aliphatic heterocycles. The molecular formula is C13H21N3. The summed E-state index contributed by atoms with van der Waals surface area (Å²) in [5.41, 5.74) is 8.86. The van der Waals surface area contributed by atoms with Gasteiger partial charge in [0.2, 0.25) is 0 Å². The standard InChI is InChI=1S/C13H21N3/c1-5-7-11(6-2)16-10(4)9(3)12(8-14)13(16)15/h11H,5-7,15H2,1-4H3. The molecule has 1 aromatic heterocycles. The number of nitrogen functional groups attached to an aromatic ring is 1. The highest BCUT2D eigenvalue weighted by Crippen LogP contribution is 2.30. The average molecular weight is 219 g/mol. The van der Waals surface area contributed by atoms with E-state index in [0.29, 0.717) is 17.4 Å². The van der Waals surface area contributed by atoms with Gasteiger partial charge in [0.15, 0.2) is 0 Å². The van der Waals surface area contributed by atoms with Crippen LogP contribution in [0.15, 0.2) is 0 Å². The molecule has 3 nitrogen and oxygen atoms in total. The molecular weight excluding hydrogens is 198 g/mol. The SMILES string of the molecule is CCCC(CC)n1c(C)c(C)c(C#N)c1N. The van der Waals surface area contributed by atoms with Crippen molar-refractivity contribution < 1.29 is 0 Å². The predicted octanol–water partition coefficient (Wildman–Crippen LogP) is 3.31. The van der Waals surface area contributed by atoms with E-state index in [4.69, 9.17) is 11.0 Å². The zero-order valence-corrected chi connectivity index (χ0v) is 10.7. The van der Waals surface area contributed by atoms with Gasteiger partial charge < -0.3 is 10.3 Å². The first-order valence-corrected chi connectivity index (χ1v) is 5.95. The fraction of sp³-hybridized carbons (Fsp3) is 0.615. The zero-order valence-electron chi connectivity index (χ0n) is 10.7. The van der Waals surface area contributed by atoms with Crippen LogP contribution in [0.4, 0.5) is 5.82 Å². The first kappa shape index (κ1) is 12.6. The smallest absolute Gasteiger partial charge is 0.122 e. The van der Waals surface area contributed by atoms with Gasteiger partial charge in [0.1, 0.15) is 11.9 Å². The first-order chi connectivity index (χ1) is 7.58. The van der Waals surface area contributed by atoms with Crippen LogP contribution in [-0.4, -0.2) is 4.57 Å². The average Bonchev–Trinajstić information content (AvgIpc) is 2.48. The summed E-state index contributed by atoms with van der Waals surface area (Å²) < 4.78 is 2.14. The van der Waals surface area contributed by atoms with E-state index in [0.717, 1.165) is 30.5 Å². The Morgan fingerprint density at radius 2 is 2.00 bits per heavy atom. The summed E-state index contributed by atoms with van der Waals surface area (Å²) in [7, 11) is 0. The van der Waals surface area contributed by atoms with Crippen LogP contribution in [0.1, 0.15) is 56.0 Å². The maximum absolute atomic E-state index is 9.08. The highest BCUT2D eigenvalue weighted by atomic mass is 15.1. The van der Waals surface area contributed by atoms with Crippen LogP contribution in [0, 0.1) is 25.2 Å². The lowest BCUT2D eigenvalue weighted by Gasteiger charge is -2.20. The number of nitrogens with zero attached hydrogens (tertiary/aromatic N) is 2. The molecule has 2 N–H and O–H groups in total. The van der Waals surface area contributed by atoms with Crippen molar-refractivity contribution in [2.45, 2.75) is 53.0 Å². The minimum Gasteiger partial charge on any atom is -0.384 e.